The summed E-state index contributed by atoms with van der Waals surface area (Å²) in [5, 5.41) is 5.49. The third-order valence-corrected chi connectivity index (χ3v) is 6.45. The fourth-order valence-electron chi connectivity index (χ4n) is 4.55. The van der Waals surface area contributed by atoms with Gasteiger partial charge < -0.3 is 18.4 Å². The SMILES string of the molecule is Cc1cn2ccn(CCN3CCC(c4noc5ccccc45)CC3)c(=O)c2c1C. The normalized spacial score (nSPS) is 16.2. The fourth-order valence-corrected chi connectivity index (χ4v) is 4.55. The number of para-hydroxylation sites is 1. The molecule has 1 aliphatic rings. The monoisotopic (exact) mass is 390 g/mol. The molecule has 150 valence electrons. The van der Waals surface area contributed by atoms with Crippen molar-refractivity contribution in [1.29, 1.82) is 0 Å². The van der Waals surface area contributed by atoms with Crippen LogP contribution < -0.4 is 5.56 Å². The van der Waals surface area contributed by atoms with E-state index in [1.165, 1.54) is 0 Å². The highest BCUT2D eigenvalue weighted by Crippen LogP contribution is 2.32. The van der Waals surface area contributed by atoms with E-state index >= 15 is 0 Å². The zero-order chi connectivity index (χ0) is 20.0. The zero-order valence-electron chi connectivity index (χ0n) is 17.0. The van der Waals surface area contributed by atoms with Gasteiger partial charge in [-0.25, -0.2) is 0 Å². The first-order chi connectivity index (χ1) is 14.1. The third-order valence-electron chi connectivity index (χ3n) is 6.45. The van der Waals surface area contributed by atoms with Gasteiger partial charge in [0, 0.05) is 43.0 Å². The summed E-state index contributed by atoms with van der Waals surface area (Å²) >= 11 is 0. The maximum absolute atomic E-state index is 12.9. The van der Waals surface area contributed by atoms with Crippen LogP contribution in [0.5, 0.6) is 0 Å². The van der Waals surface area contributed by atoms with Crippen molar-refractivity contribution in [2.75, 3.05) is 19.6 Å². The second-order valence-corrected chi connectivity index (χ2v) is 8.17. The molecule has 1 saturated heterocycles. The van der Waals surface area contributed by atoms with Crippen molar-refractivity contribution in [3.05, 3.63) is 70.0 Å². The lowest BCUT2D eigenvalue weighted by Gasteiger charge is -2.31. The highest BCUT2D eigenvalue weighted by Gasteiger charge is 2.24. The molecule has 3 aromatic heterocycles. The summed E-state index contributed by atoms with van der Waals surface area (Å²) in [6.45, 7) is 7.72. The van der Waals surface area contributed by atoms with Crippen LogP contribution in [0, 0.1) is 13.8 Å². The number of fused-ring (bicyclic) bond motifs is 2. The van der Waals surface area contributed by atoms with E-state index in [0.717, 1.165) is 72.3 Å². The number of piperidine rings is 1. The lowest BCUT2D eigenvalue weighted by Crippen LogP contribution is -2.37. The van der Waals surface area contributed by atoms with E-state index in [2.05, 4.69) is 16.1 Å². The van der Waals surface area contributed by atoms with E-state index < -0.39 is 0 Å². The van der Waals surface area contributed by atoms with Gasteiger partial charge in [0.2, 0.25) is 0 Å². The molecule has 0 N–H and O–H groups in total. The number of hydrogen-bond acceptors (Lipinski definition) is 4. The highest BCUT2D eigenvalue weighted by molar-refractivity contribution is 5.79. The summed E-state index contributed by atoms with van der Waals surface area (Å²) in [5.74, 6) is 0.445. The second kappa shape index (κ2) is 7.19. The third kappa shape index (κ3) is 3.17. The number of rotatable bonds is 4. The van der Waals surface area contributed by atoms with Crippen molar-refractivity contribution in [3.63, 3.8) is 0 Å². The molecule has 5 rings (SSSR count). The molecule has 0 atom stereocenters. The van der Waals surface area contributed by atoms with Crippen LogP contribution >= 0.6 is 0 Å². The van der Waals surface area contributed by atoms with Gasteiger partial charge in [0.15, 0.2) is 5.58 Å². The standard InChI is InChI=1S/C23H26N4O2/c1-16-15-27-14-13-26(23(28)22(27)17(16)2)12-11-25-9-7-18(8-10-25)21-19-5-3-4-6-20(19)29-24-21/h3-6,13-15,18H,7-12H2,1-2H3. The minimum atomic E-state index is 0.0991. The van der Waals surface area contributed by atoms with Crippen LogP contribution in [0.4, 0.5) is 0 Å². The van der Waals surface area contributed by atoms with Crippen LogP contribution in [0.25, 0.3) is 16.5 Å². The van der Waals surface area contributed by atoms with Crippen molar-refractivity contribution in [1.82, 2.24) is 19.0 Å². The van der Waals surface area contributed by atoms with Gasteiger partial charge in [0.05, 0.1) is 5.69 Å². The lowest BCUT2D eigenvalue weighted by molar-refractivity contribution is 0.202. The first kappa shape index (κ1) is 18.2. The zero-order valence-corrected chi connectivity index (χ0v) is 17.0. The van der Waals surface area contributed by atoms with Crippen LogP contribution in [-0.2, 0) is 6.54 Å². The Morgan fingerprint density at radius 3 is 2.72 bits per heavy atom. The molecule has 1 aliphatic heterocycles. The molecule has 0 radical (unpaired) electrons. The predicted molar refractivity (Wildman–Crippen MR) is 114 cm³/mol. The van der Waals surface area contributed by atoms with E-state index in [0.29, 0.717) is 5.92 Å². The average molecular weight is 390 g/mol. The summed E-state index contributed by atoms with van der Waals surface area (Å²) in [7, 11) is 0. The van der Waals surface area contributed by atoms with Gasteiger partial charge >= 0.3 is 0 Å². The summed E-state index contributed by atoms with van der Waals surface area (Å²) < 4.78 is 9.28. The van der Waals surface area contributed by atoms with Crippen LogP contribution in [-0.4, -0.2) is 38.7 Å². The summed E-state index contributed by atoms with van der Waals surface area (Å²) in [6.07, 6.45) is 8.05. The Morgan fingerprint density at radius 1 is 1.10 bits per heavy atom. The van der Waals surface area contributed by atoms with Crippen LogP contribution in [0.15, 0.2) is 52.2 Å². The summed E-state index contributed by atoms with van der Waals surface area (Å²) in [5.41, 5.74) is 5.09. The van der Waals surface area contributed by atoms with Gasteiger partial charge in [-0.15, -0.1) is 0 Å². The van der Waals surface area contributed by atoms with Gasteiger partial charge in [-0.2, -0.15) is 0 Å². The molecule has 0 amide bonds. The minimum absolute atomic E-state index is 0.0991. The van der Waals surface area contributed by atoms with Crippen LogP contribution in [0.2, 0.25) is 0 Å². The van der Waals surface area contributed by atoms with Gasteiger partial charge in [0.25, 0.3) is 5.56 Å². The maximum atomic E-state index is 12.9. The van der Waals surface area contributed by atoms with E-state index in [1.54, 1.807) is 0 Å². The largest absolute Gasteiger partial charge is 0.356 e. The van der Waals surface area contributed by atoms with E-state index in [-0.39, 0.29) is 5.56 Å². The van der Waals surface area contributed by atoms with Gasteiger partial charge in [-0.05, 0) is 63.0 Å². The first-order valence-corrected chi connectivity index (χ1v) is 10.4. The van der Waals surface area contributed by atoms with Crippen molar-refractivity contribution in [2.45, 2.75) is 39.2 Å². The number of nitrogens with zero attached hydrogens (tertiary/aromatic N) is 4. The summed E-state index contributed by atoms with van der Waals surface area (Å²) in [4.78, 5) is 15.3. The minimum Gasteiger partial charge on any atom is -0.356 e. The molecule has 0 saturated carbocycles. The van der Waals surface area contributed by atoms with E-state index in [9.17, 15) is 4.79 Å². The topological polar surface area (TPSA) is 55.7 Å². The van der Waals surface area contributed by atoms with Crippen LogP contribution in [0.3, 0.4) is 0 Å². The number of aryl methyl sites for hydroxylation is 2. The van der Waals surface area contributed by atoms with E-state index in [1.807, 2.05) is 59.6 Å². The Labute approximate surface area is 169 Å². The first-order valence-electron chi connectivity index (χ1n) is 10.4. The highest BCUT2D eigenvalue weighted by atomic mass is 16.5. The number of hydrogen-bond donors (Lipinski definition) is 0. The number of likely N-dealkylation sites (tertiary alicyclic amines) is 1. The number of aromatic nitrogens is 3. The van der Waals surface area contributed by atoms with Gasteiger partial charge in [-0.3, -0.25) is 4.79 Å². The fraction of sp³-hybridized carbons (Fsp3) is 0.391. The van der Waals surface area contributed by atoms with Gasteiger partial charge in [0.1, 0.15) is 5.52 Å². The molecule has 4 aromatic rings. The maximum Gasteiger partial charge on any atom is 0.275 e. The Hall–Kier alpha value is -2.86. The molecule has 1 aromatic carbocycles. The molecular formula is C23H26N4O2. The molecule has 0 aliphatic carbocycles. The molecule has 0 spiro atoms. The van der Waals surface area contributed by atoms with Crippen molar-refractivity contribution >= 4 is 16.5 Å². The van der Waals surface area contributed by atoms with Crippen molar-refractivity contribution < 1.29 is 4.52 Å². The molecular weight excluding hydrogens is 364 g/mol. The average Bonchev–Trinajstić information content (AvgIpc) is 3.29. The molecule has 1 fully saturated rings. The Morgan fingerprint density at radius 2 is 1.90 bits per heavy atom. The van der Waals surface area contributed by atoms with E-state index in [4.69, 9.17) is 4.52 Å². The Kier molecular flexibility index (Phi) is 4.51. The smallest absolute Gasteiger partial charge is 0.275 e. The molecule has 6 nitrogen and oxygen atoms in total. The molecule has 0 bridgehead atoms. The Balaban J connectivity index is 1.25. The predicted octanol–water partition coefficient (Wildman–Crippen LogP) is 3.74. The summed E-state index contributed by atoms with van der Waals surface area (Å²) in [6, 6.07) is 8.10. The van der Waals surface area contributed by atoms with Crippen molar-refractivity contribution in [2.24, 2.45) is 0 Å². The molecule has 29 heavy (non-hydrogen) atoms. The molecule has 4 heterocycles. The number of benzene rings is 1. The molecule has 6 heteroatoms. The van der Waals surface area contributed by atoms with Crippen molar-refractivity contribution in [3.8, 4) is 0 Å². The second-order valence-electron chi connectivity index (χ2n) is 8.17. The van der Waals surface area contributed by atoms with Crippen LogP contribution in [0.1, 0.15) is 35.6 Å². The quantitative estimate of drug-likeness (QED) is 0.533. The molecule has 0 unspecified atom stereocenters. The lowest BCUT2D eigenvalue weighted by atomic mass is 9.91. The Bertz CT molecular complexity index is 1220. The van der Waals surface area contributed by atoms with Gasteiger partial charge in [-0.1, -0.05) is 17.3 Å².